The number of hydrogen-bond acceptors (Lipinski definition) is 7. The molecule has 1 aromatic carbocycles. The molecule has 2 N–H and O–H groups in total. The highest BCUT2D eigenvalue weighted by molar-refractivity contribution is 5.86. The Morgan fingerprint density at radius 3 is 2.93 bits per heavy atom. The number of benzene rings is 1. The molecular weight excluding hydrogens is 359 g/mol. The van der Waals surface area contributed by atoms with Crippen LogP contribution in [0.1, 0.15) is 19.3 Å². The lowest BCUT2D eigenvalue weighted by Gasteiger charge is -2.38. The van der Waals surface area contributed by atoms with Crippen molar-refractivity contribution in [1.82, 2.24) is 25.5 Å². The van der Waals surface area contributed by atoms with E-state index in [2.05, 4.69) is 25.5 Å². The molecule has 0 radical (unpaired) electrons. The van der Waals surface area contributed by atoms with Gasteiger partial charge in [-0.1, -0.05) is 6.07 Å². The molecule has 2 aliphatic heterocycles. The third kappa shape index (κ3) is 2.84. The number of anilines is 1. The van der Waals surface area contributed by atoms with Gasteiger partial charge < -0.3 is 15.3 Å². The number of aromatic hydroxyl groups is 1. The Hall–Kier alpha value is -2.87. The molecule has 2 bridgehead atoms. The fraction of sp³-hybridized carbons (Fsp3) is 0.400. The summed E-state index contributed by atoms with van der Waals surface area (Å²) in [5, 5.41) is 23.0. The largest absolute Gasteiger partial charge is 0.507 e. The third-order valence-corrected chi connectivity index (χ3v) is 5.92. The van der Waals surface area contributed by atoms with Crippen LogP contribution in [0.2, 0.25) is 0 Å². The Morgan fingerprint density at radius 2 is 2.11 bits per heavy atom. The van der Waals surface area contributed by atoms with Crippen molar-refractivity contribution < 1.29 is 9.50 Å². The zero-order chi connectivity index (χ0) is 19.3. The molecule has 0 amide bonds. The number of phenols is 1. The van der Waals surface area contributed by atoms with E-state index in [0.717, 1.165) is 30.2 Å². The first-order valence-corrected chi connectivity index (χ1v) is 9.51. The zero-order valence-corrected chi connectivity index (χ0v) is 15.5. The Bertz CT molecular complexity index is 1010. The van der Waals surface area contributed by atoms with Crippen molar-refractivity contribution >= 4 is 16.7 Å². The maximum absolute atomic E-state index is 14.8. The van der Waals surface area contributed by atoms with Crippen LogP contribution in [-0.2, 0) is 0 Å². The first-order chi connectivity index (χ1) is 13.6. The van der Waals surface area contributed by atoms with E-state index in [0.29, 0.717) is 23.2 Å². The molecular formula is C20H21FN6O. The van der Waals surface area contributed by atoms with Crippen LogP contribution in [0.4, 0.5) is 10.2 Å². The number of hydrogen-bond donors (Lipinski definition) is 2. The van der Waals surface area contributed by atoms with E-state index in [-0.39, 0.29) is 17.8 Å². The molecule has 8 heteroatoms. The number of piperidine rings is 1. The van der Waals surface area contributed by atoms with Crippen molar-refractivity contribution in [3.63, 3.8) is 0 Å². The number of phenolic OH excluding ortho intramolecular Hbond substituents is 1. The second-order valence-corrected chi connectivity index (χ2v) is 7.61. The SMILES string of the molecule is CN(c1cnc(-c2cc3ncccc3cc2O)nn1)[C@H]1CC2CCC(N2)[C@H]1F. The highest BCUT2D eigenvalue weighted by atomic mass is 19.1. The van der Waals surface area contributed by atoms with Crippen LogP contribution in [-0.4, -0.2) is 56.6 Å². The van der Waals surface area contributed by atoms with Crippen molar-refractivity contribution in [3.05, 3.63) is 36.7 Å². The molecule has 2 aliphatic rings. The molecule has 4 atom stereocenters. The van der Waals surface area contributed by atoms with Crippen LogP contribution in [0.15, 0.2) is 36.7 Å². The maximum atomic E-state index is 14.8. The van der Waals surface area contributed by atoms with Gasteiger partial charge in [-0.05, 0) is 37.5 Å². The van der Waals surface area contributed by atoms with Crippen molar-refractivity contribution in [1.29, 1.82) is 0 Å². The molecule has 3 aromatic rings. The van der Waals surface area contributed by atoms with Crippen LogP contribution in [0, 0.1) is 0 Å². The lowest BCUT2D eigenvalue weighted by Crippen LogP contribution is -2.55. The molecule has 2 saturated heterocycles. The lowest BCUT2D eigenvalue weighted by atomic mass is 9.96. The average molecular weight is 380 g/mol. The van der Waals surface area contributed by atoms with E-state index in [9.17, 15) is 9.50 Å². The van der Waals surface area contributed by atoms with Gasteiger partial charge in [0.15, 0.2) is 11.6 Å². The molecule has 2 aromatic heterocycles. The molecule has 2 fully saturated rings. The van der Waals surface area contributed by atoms with Gasteiger partial charge in [0.2, 0.25) is 0 Å². The van der Waals surface area contributed by atoms with Gasteiger partial charge >= 0.3 is 0 Å². The van der Waals surface area contributed by atoms with E-state index < -0.39 is 6.17 Å². The first kappa shape index (κ1) is 17.2. The van der Waals surface area contributed by atoms with Gasteiger partial charge in [0, 0.05) is 30.7 Å². The third-order valence-electron chi connectivity index (χ3n) is 5.92. The number of pyridine rings is 1. The minimum atomic E-state index is -0.944. The molecule has 4 heterocycles. The molecule has 0 spiro atoms. The standard InChI is InChI=1S/C20H21FN6O/c1-27(16-8-12-4-5-14(24-12)19(16)21)18-10-23-20(26-25-18)13-9-15-11(7-17(13)28)3-2-6-22-15/h2-3,6-7,9-10,12,14,16,19,24,28H,4-5,8H2,1H3/t12?,14?,16-,19+/m0/s1. The zero-order valence-electron chi connectivity index (χ0n) is 15.5. The van der Waals surface area contributed by atoms with Gasteiger partial charge in [0.05, 0.1) is 23.3 Å². The Labute approximate surface area is 161 Å². The number of fused-ring (bicyclic) bond motifs is 3. The summed E-state index contributed by atoms with van der Waals surface area (Å²) in [6, 6.07) is 7.13. The Kier molecular flexibility index (Phi) is 4.08. The van der Waals surface area contributed by atoms with E-state index in [1.165, 1.54) is 0 Å². The van der Waals surface area contributed by atoms with E-state index >= 15 is 0 Å². The van der Waals surface area contributed by atoms with E-state index in [4.69, 9.17) is 0 Å². The van der Waals surface area contributed by atoms with Crippen molar-refractivity contribution in [3.8, 4) is 17.1 Å². The van der Waals surface area contributed by atoms with Crippen LogP contribution >= 0.6 is 0 Å². The van der Waals surface area contributed by atoms with Crippen LogP contribution in [0.5, 0.6) is 5.75 Å². The molecule has 144 valence electrons. The fourth-order valence-electron chi connectivity index (χ4n) is 4.36. The summed E-state index contributed by atoms with van der Waals surface area (Å²) in [6.07, 6.45) is 4.98. The predicted molar refractivity (Wildman–Crippen MR) is 104 cm³/mol. The fourth-order valence-corrected chi connectivity index (χ4v) is 4.36. The molecule has 0 saturated carbocycles. The van der Waals surface area contributed by atoms with Crippen LogP contribution in [0.3, 0.4) is 0 Å². The van der Waals surface area contributed by atoms with Gasteiger partial charge in [-0.15, -0.1) is 10.2 Å². The lowest BCUT2D eigenvalue weighted by molar-refractivity contribution is 0.176. The van der Waals surface area contributed by atoms with Gasteiger partial charge in [-0.3, -0.25) is 4.98 Å². The number of rotatable bonds is 3. The summed E-state index contributed by atoms with van der Waals surface area (Å²) >= 11 is 0. The van der Waals surface area contributed by atoms with Crippen LogP contribution < -0.4 is 10.2 Å². The minimum absolute atomic E-state index is 0.0714. The van der Waals surface area contributed by atoms with Gasteiger partial charge in [-0.25, -0.2) is 9.37 Å². The molecule has 0 aliphatic carbocycles. The van der Waals surface area contributed by atoms with Gasteiger partial charge in [0.25, 0.3) is 0 Å². The number of halogens is 1. The number of nitrogens with one attached hydrogen (secondary N) is 1. The monoisotopic (exact) mass is 380 g/mol. The molecule has 28 heavy (non-hydrogen) atoms. The topological polar surface area (TPSA) is 87.1 Å². The van der Waals surface area contributed by atoms with Crippen molar-refractivity contribution in [2.45, 2.75) is 43.6 Å². The molecule has 5 rings (SSSR count). The Morgan fingerprint density at radius 1 is 1.21 bits per heavy atom. The summed E-state index contributed by atoms with van der Waals surface area (Å²) in [4.78, 5) is 10.5. The summed E-state index contributed by atoms with van der Waals surface area (Å²) in [5.74, 6) is 0.905. The number of alkyl halides is 1. The van der Waals surface area contributed by atoms with Crippen molar-refractivity contribution in [2.24, 2.45) is 0 Å². The van der Waals surface area contributed by atoms with Gasteiger partial charge in [0.1, 0.15) is 11.9 Å². The predicted octanol–water partition coefficient (Wildman–Crippen LogP) is 2.46. The first-order valence-electron chi connectivity index (χ1n) is 9.51. The minimum Gasteiger partial charge on any atom is -0.507 e. The number of aromatic nitrogens is 4. The summed E-state index contributed by atoms with van der Waals surface area (Å²) < 4.78 is 14.8. The highest BCUT2D eigenvalue weighted by Gasteiger charge is 2.43. The average Bonchev–Trinajstić information content (AvgIpc) is 3.13. The van der Waals surface area contributed by atoms with Crippen molar-refractivity contribution in [2.75, 3.05) is 11.9 Å². The number of nitrogens with zero attached hydrogens (tertiary/aromatic N) is 5. The second kappa shape index (κ2) is 6.63. The quantitative estimate of drug-likeness (QED) is 0.722. The maximum Gasteiger partial charge on any atom is 0.185 e. The van der Waals surface area contributed by atoms with E-state index in [1.807, 2.05) is 24.1 Å². The van der Waals surface area contributed by atoms with Crippen LogP contribution in [0.25, 0.3) is 22.3 Å². The van der Waals surface area contributed by atoms with Gasteiger partial charge in [-0.2, -0.15) is 0 Å². The summed E-state index contributed by atoms with van der Waals surface area (Å²) in [5.41, 5.74) is 1.21. The normalized spacial score (nSPS) is 26.5. The summed E-state index contributed by atoms with van der Waals surface area (Å²) in [6.45, 7) is 0. The van der Waals surface area contributed by atoms with E-state index in [1.54, 1.807) is 24.5 Å². The highest BCUT2D eigenvalue weighted by Crippen LogP contribution is 2.34. The molecule has 2 unspecified atom stereocenters. The second-order valence-electron chi connectivity index (χ2n) is 7.61. The molecule has 7 nitrogen and oxygen atoms in total. The smallest absolute Gasteiger partial charge is 0.185 e. The summed E-state index contributed by atoms with van der Waals surface area (Å²) in [7, 11) is 1.84. The Balaban J connectivity index is 1.42.